The quantitative estimate of drug-likeness (QED) is 0.600. The summed E-state index contributed by atoms with van der Waals surface area (Å²) in [7, 11) is 1.60. The van der Waals surface area contributed by atoms with E-state index in [0.29, 0.717) is 17.1 Å². The molecule has 8 heteroatoms. The molecule has 0 aliphatic rings. The number of carbonyl (C=O) groups is 1. The molecular weight excluding hydrogens is 346 g/mol. The van der Waals surface area contributed by atoms with Crippen molar-refractivity contribution in [3.05, 3.63) is 76.0 Å². The number of amides is 1. The summed E-state index contributed by atoms with van der Waals surface area (Å²) in [6.07, 6.45) is 1.31. The molecule has 1 amide bonds. The number of aromatic amines is 1. The zero-order valence-corrected chi connectivity index (χ0v) is 14.8. The molecule has 27 heavy (non-hydrogen) atoms. The van der Waals surface area contributed by atoms with Crippen molar-refractivity contribution >= 4 is 11.6 Å². The SMILES string of the molecule is Cc1cc2ncc(C(=O)N(C)Cc3cc(-c4ccccc4)no3)c(=O)n2[nH]1. The monoisotopic (exact) mass is 363 g/mol. The second kappa shape index (κ2) is 6.56. The predicted octanol–water partition coefficient (Wildman–Crippen LogP) is 2.26. The second-order valence-corrected chi connectivity index (χ2v) is 6.32. The molecule has 4 rings (SSSR count). The second-order valence-electron chi connectivity index (χ2n) is 6.32. The topological polar surface area (TPSA) is 96.5 Å². The molecular formula is C19H17N5O3. The minimum atomic E-state index is -0.438. The van der Waals surface area contributed by atoms with Gasteiger partial charge < -0.3 is 9.42 Å². The molecule has 0 bridgehead atoms. The van der Waals surface area contributed by atoms with Gasteiger partial charge in [-0.05, 0) is 6.92 Å². The molecule has 0 aliphatic carbocycles. The maximum Gasteiger partial charge on any atom is 0.285 e. The Balaban J connectivity index is 1.56. The average Bonchev–Trinajstić information content (AvgIpc) is 3.29. The van der Waals surface area contributed by atoms with E-state index < -0.39 is 11.5 Å². The fraction of sp³-hybridized carbons (Fsp3) is 0.158. The fourth-order valence-corrected chi connectivity index (χ4v) is 2.87. The van der Waals surface area contributed by atoms with Crippen LogP contribution in [0.2, 0.25) is 0 Å². The normalized spacial score (nSPS) is 11.0. The number of nitrogens with zero attached hydrogens (tertiary/aromatic N) is 4. The number of hydrogen-bond acceptors (Lipinski definition) is 5. The third-order valence-electron chi connectivity index (χ3n) is 4.22. The van der Waals surface area contributed by atoms with Crippen LogP contribution >= 0.6 is 0 Å². The zero-order chi connectivity index (χ0) is 19.0. The summed E-state index contributed by atoms with van der Waals surface area (Å²) in [6, 6.07) is 13.1. The van der Waals surface area contributed by atoms with Crippen LogP contribution in [0.15, 0.2) is 58.0 Å². The molecule has 8 nitrogen and oxygen atoms in total. The first-order chi connectivity index (χ1) is 13.0. The van der Waals surface area contributed by atoms with E-state index in [4.69, 9.17) is 4.52 Å². The maximum absolute atomic E-state index is 12.7. The van der Waals surface area contributed by atoms with Crippen molar-refractivity contribution in [1.82, 2.24) is 24.7 Å². The van der Waals surface area contributed by atoms with E-state index in [1.54, 1.807) is 19.2 Å². The molecule has 3 heterocycles. The third-order valence-corrected chi connectivity index (χ3v) is 4.22. The summed E-state index contributed by atoms with van der Waals surface area (Å²) < 4.78 is 6.59. The highest BCUT2D eigenvalue weighted by molar-refractivity contribution is 5.93. The maximum atomic E-state index is 12.7. The van der Waals surface area contributed by atoms with Crippen LogP contribution in [-0.2, 0) is 6.54 Å². The highest BCUT2D eigenvalue weighted by atomic mass is 16.5. The van der Waals surface area contributed by atoms with Gasteiger partial charge in [-0.2, -0.15) is 0 Å². The van der Waals surface area contributed by atoms with Gasteiger partial charge in [-0.25, -0.2) is 9.50 Å². The van der Waals surface area contributed by atoms with E-state index in [1.807, 2.05) is 37.3 Å². The van der Waals surface area contributed by atoms with E-state index in [2.05, 4.69) is 15.2 Å². The summed E-state index contributed by atoms with van der Waals surface area (Å²) >= 11 is 0. The lowest BCUT2D eigenvalue weighted by Gasteiger charge is -2.14. The first-order valence-corrected chi connectivity index (χ1v) is 8.37. The Labute approximate surface area is 154 Å². The third kappa shape index (κ3) is 3.12. The number of nitrogens with one attached hydrogen (secondary N) is 1. The van der Waals surface area contributed by atoms with Crippen molar-refractivity contribution in [3.8, 4) is 11.3 Å². The van der Waals surface area contributed by atoms with Crippen LogP contribution in [0.1, 0.15) is 21.8 Å². The van der Waals surface area contributed by atoms with E-state index in [1.165, 1.54) is 15.6 Å². The smallest absolute Gasteiger partial charge is 0.285 e. The predicted molar refractivity (Wildman–Crippen MR) is 98.3 cm³/mol. The van der Waals surface area contributed by atoms with Crippen molar-refractivity contribution in [2.75, 3.05) is 7.05 Å². The van der Waals surface area contributed by atoms with Crippen molar-refractivity contribution in [2.24, 2.45) is 0 Å². The summed E-state index contributed by atoms with van der Waals surface area (Å²) in [5.74, 6) is 0.0846. The number of benzene rings is 1. The van der Waals surface area contributed by atoms with Crippen LogP contribution in [0.5, 0.6) is 0 Å². The van der Waals surface area contributed by atoms with Crippen LogP contribution in [-0.4, -0.2) is 37.6 Å². The van der Waals surface area contributed by atoms with Gasteiger partial charge in [0.25, 0.3) is 11.5 Å². The first-order valence-electron chi connectivity index (χ1n) is 8.37. The van der Waals surface area contributed by atoms with Crippen LogP contribution in [0.25, 0.3) is 16.9 Å². The number of hydrogen-bond donors (Lipinski definition) is 1. The molecule has 0 saturated carbocycles. The van der Waals surface area contributed by atoms with E-state index in [9.17, 15) is 9.59 Å². The molecule has 0 aliphatic heterocycles. The standard InChI is InChI=1S/C19H17N5O3/c1-12-8-17-20-10-15(19(26)24(17)21-12)18(25)23(2)11-14-9-16(22-27-14)13-6-4-3-5-7-13/h3-10,21H,11H2,1-2H3. The Morgan fingerprint density at radius 1 is 1.26 bits per heavy atom. The van der Waals surface area contributed by atoms with Gasteiger partial charge in [0.1, 0.15) is 11.3 Å². The number of fused-ring (bicyclic) bond motifs is 1. The number of aryl methyl sites for hydroxylation is 1. The molecule has 0 atom stereocenters. The van der Waals surface area contributed by atoms with Crippen LogP contribution in [0.4, 0.5) is 0 Å². The molecule has 3 aromatic heterocycles. The number of H-pyrrole nitrogens is 1. The van der Waals surface area contributed by atoms with Gasteiger partial charge in [0.15, 0.2) is 11.4 Å². The highest BCUT2D eigenvalue weighted by Gasteiger charge is 2.20. The van der Waals surface area contributed by atoms with Gasteiger partial charge in [-0.15, -0.1) is 0 Å². The van der Waals surface area contributed by atoms with Crippen molar-refractivity contribution in [3.63, 3.8) is 0 Å². The molecule has 0 radical (unpaired) electrons. The summed E-state index contributed by atoms with van der Waals surface area (Å²) in [5, 5.41) is 6.91. The summed E-state index contributed by atoms with van der Waals surface area (Å²) in [6.45, 7) is 2.00. The van der Waals surface area contributed by atoms with Crippen molar-refractivity contribution in [2.45, 2.75) is 13.5 Å². The van der Waals surface area contributed by atoms with Crippen LogP contribution < -0.4 is 5.56 Å². The number of aromatic nitrogens is 4. The lowest BCUT2D eigenvalue weighted by atomic mass is 10.1. The lowest BCUT2D eigenvalue weighted by Crippen LogP contribution is -2.33. The van der Waals surface area contributed by atoms with Gasteiger partial charge in [-0.3, -0.25) is 14.7 Å². The Bertz CT molecular complexity index is 1170. The van der Waals surface area contributed by atoms with Crippen molar-refractivity contribution in [1.29, 1.82) is 0 Å². The highest BCUT2D eigenvalue weighted by Crippen LogP contribution is 2.19. The van der Waals surface area contributed by atoms with E-state index >= 15 is 0 Å². The lowest BCUT2D eigenvalue weighted by molar-refractivity contribution is 0.0769. The summed E-state index contributed by atoms with van der Waals surface area (Å²) in [5.41, 5.74) is 2.42. The minimum Gasteiger partial charge on any atom is -0.359 e. The molecule has 0 fully saturated rings. The molecule has 0 unspecified atom stereocenters. The molecule has 0 spiro atoms. The summed E-state index contributed by atoms with van der Waals surface area (Å²) in [4.78, 5) is 30.8. The van der Waals surface area contributed by atoms with Gasteiger partial charge in [-0.1, -0.05) is 35.5 Å². The molecule has 0 saturated heterocycles. The molecule has 1 N–H and O–H groups in total. The Hall–Kier alpha value is -3.68. The van der Waals surface area contributed by atoms with E-state index in [0.717, 1.165) is 11.3 Å². The molecule has 1 aromatic carbocycles. The zero-order valence-electron chi connectivity index (χ0n) is 14.8. The van der Waals surface area contributed by atoms with Crippen molar-refractivity contribution < 1.29 is 9.32 Å². The Kier molecular flexibility index (Phi) is 4.08. The average molecular weight is 363 g/mol. The number of carbonyl (C=O) groups excluding carboxylic acids is 1. The van der Waals surface area contributed by atoms with E-state index in [-0.39, 0.29) is 12.1 Å². The van der Waals surface area contributed by atoms with Gasteiger partial charge >= 0.3 is 0 Å². The fourth-order valence-electron chi connectivity index (χ4n) is 2.87. The van der Waals surface area contributed by atoms with Gasteiger partial charge in [0.05, 0.1) is 6.54 Å². The Morgan fingerprint density at radius 3 is 2.81 bits per heavy atom. The van der Waals surface area contributed by atoms with Gasteiger partial charge in [0, 0.05) is 36.6 Å². The van der Waals surface area contributed by atoms with Gasteiger partial charge in [0.2, 0.25) is 0 Å². The first kappa shape index (κ1) is 16.8. The van der Waals surface area contributed by atoms with Crippen LogP contribution in [0, 0.1) is 6.92 Å². The minimum absolute atomic E-state index is 0.0142. The number of rotatable bonds is 4. The largest absolute Gasteiger partial charge is 0.359 e. The molecule has 4 aromatic rings. The van der Waals surface area contributed by atoms with Crippen LogP contribution in [0.3, 0.4) is 0 Å². The Morgan fingerprint density at radius 2 is 2.04 bits per heavy atom. The molecule has 136 valence electrons.